The van der Waals surface area contributed by atoms with E-state index < -0.39 is 20.0 Å². The van der Waals surface area contributed by atoms with Crippen LogP contribution < -0.4 is 18.9 Å². The monoisotopic (exact) mass is 414 g/mol. The van der Waals surface area contributed by atoms with E-state index in [-0.39, 0.29) is 22.9 Å². The largest absolute Gasteiger partial charge is 0.497 e. The summed E-state index contributed by atoms with van der Waals surface area (Å²) >= 11 is 0. The van der Waals surface area contributed by atoms with Crippen LogP contribution in [0.25, 0.3) is 0 Å². The van der Waals surface area contributed by atoms with Gasteiger partial charge >= 0.3 is 0 Å². The van der Waals surface area contributed by atoms with Crippen LogP contribution in [0.15, 0.2) is 58.3 Å². The molecule has 2 aromatic rings. The highest BCUT2D eigenvalue weighted by Gasteiger charge is 2.15. The van der Waals surface area contributed by atoms with Gasteiger partial charge in [-0.3, -0.25) is 0 Å². The van der Waals surface area contributed by atoms with E-state index in [2.05, 4.69) is 9.44 Å². The Balaban J connectivity index is 1.83. The van der Waals surface area contributed by atoms with Crippen LogP contribution in [0.3, 0.4) is 0 Å². The van der Waals surface area contributed by atoms with E-state index >= 15 is 0 Å². The molecule has 0 unspecified atom stereocenters. The van der Waals surface area contributed by atoms with E-state index in [1.165, 1.54) is 38.5 Å². The lowest BCUT2D eigenvalue weighted by Crippen LogP contribution is -2.30. The molecule has 0 aliphatic carbocycles. The Hall–Kier alpha value is -2.14. The molecular formula is C17H22N2O6S2. The molecule has 148 valence electrons. The van der Waals surface area contributed by atoms with E-state index in [1.54, 1.807) is 24.3 Å². The van der Waals surface area contributed by atoms with Gasteiger partial charge in [0.2, 0.25) is 20.0 Å². The van der Waals surface area contributed by atoms with E-state index in [1.807, 2.05) is 0 Å². The van der Waals surface area contributed by atoms with Gasteiger partial charge in [0.05, 0.1) is 24.0 Å². The second kappa shape index (κ2) is 9.18. The molecule has 0 aliphatic rings. The van der Waals surface area contributed by atoms with Crippen LogP contribution in [-0.4, -0.2) is 44.1 Å². The number of methoxy groups -OCH3 is 2. The molecule has 0 aromatic heterocycles. The molecule has 0 fully saturated rings. The number of hydrogen-bond acceptors (Lipinski definition) is 6. The quantitative estimate of drug-likeness (QED) is 0.568. The van der Waals surface area contributed by atoms with Gasteiger partial charge in [-0.15, -0.1) is 0 Å². The molecule has 0 radical (unpaired) electrons. The topological polar surface area (TPSA) is 111 Å². The Kier molecular flexibility index (Phi) is 7.19. The SMILES string of the molecule is COc1ccc(S(=O)(=O)NCCCNS(=O)(=O)c2ccc(OC)cc2)cc1. The van der Waals surface area contributed by atoms with Crippen molar-refractivity contribution in [2.75, 3.05) is 27.3 Å². The molecule has 0 spiro atoms. The number of nitrogens with one attached hydrogen (secondary N) is 2. The zero-order valence-electron chi connectivity index (χ0n) is 15.0. The summed E-state index contributed by atoms with van der Waals surface area (Å²) in [7, 11) is -4.33. The summed E-state index contributed by atoms with van der Waals surface area (Å²) < 4.78 is 63.5. The summed E-state index contributed by atoms with van der Waals surface area (Å²) in [5, 5.41) is 0. The third-order valence-electron chi connectivity index (χ3n) is 3.68. The molecule has 0 saturated heterocycles. The van der Waals surface area contributed by atoms with Gasteiger partial charge in [0.1, 0.15) is 11.5 Å². The molecule has 0 aliphatic heterocycles. The molecule has 0 bridgehead atoms. The molecule has 0 heterocycles. The number of sulfonamides is 2. The standard InChI is InChI=1S/C17H22N2O6S2/c1-24-14-4-8-16(9-5-14)26(20,21)18-12-3-13-19-27(22,23)17-10-6-15(25-2)7-11-17/h4-11,18-19H,3,12-13H2,1-2H3. The highest BCUT2D eigenvalue weighted by atomic mass is 32.2. The van der Waals surface area contributed by atoms with Crippen LogP contribution in [0.5, 0.6) is 11.5 Å². The summed E-state index contributed by atoms with van der Waals surface area (Å²) in [5.74, 6) is 1.11. The molecule has 0 saturated carbocycles. The fourth-order valence-electron chi connectivity index (χ4n) is 2.18. The van der Waals surface area contributed by atoms with Crippen molar-refractivity contribution in [3.05, 3.63) is 48.5 Å². The van der Waals surface area contributed by atoms with E-state index in [0.717, 1.165) is 0 Å². The first-order valence-corrected chi connectivity index (χ1v) is 11.0. The van der Waals surface area contributed by atoms with Crippen molar-refractivity contribution in [1.82, 2.24) is 9.44 Å². The highest BCUT2D eigenvalue weighted by Crippen LogP contribution is 2.16. The number of benzene rings is 2. The van der Waals surface area contributed by atoms with Crippen LogP contribution in [0.1, 0.15) is 6.42 Å². The highest BCUT2D eigenvalue weighted by molar-refractivity contribution is 7.89. The summed E-state index contributed by atoms with van der Waals surface area (Å²) in [5.41, 5.74) is 0. The molecule has 2 N–H and O–H groups in total. The minimum absolute atomic E-state index is 0.0967. The number of rotatable bonds is 10. The third kappa shape index (κ3) is 5.93. The molecule has 2 aromatic carbocycles. The Morgan fingerprint density at radius 1 is 0.667 bits per heavy atom. The van der Waals surface area contributed by atoms with Crippen LogP contribution in [0.4, 0.5) is 0 Å². The van der Waals surface area contributed by atoms with Crippen molar-refractivity contribution in [1.29, 1.82) is 0 Å². The predicted molar refractivity (Wildman–Crippen MR) is 101 cm³/mol. The normalized spacial score (nSPS) is 11.9. The first kappa shape index (κ1) is 21.2. The zero-order chi connectivity index (χ0) is 19.9. The second-order valence-corrected chi connectivity index (χ2v) is 9.03. The van der Waals surface area contributed by atoms with Crippen molar-refractivity contribution in [3.8, 4) is 11.5 Å². The fraction of sp³-hybridized carbons (Fsp3) is 0.294. The van der Waals surface area contributed by atoms with Gasteiger partial charge in [0.25, 0.3) is 0 Å². The van der Waals surface area contributed by atoms with E-state index in [4.69, 9.17) is 9.47 Å². The zero-order valence-corrected chi connectivity index (χ0v) is 16.6. The maximum Gasteiger partial charge on any atom is 0.240 e. The Bertz CT molecular complexity index is 860. The minimum atomic E-state index is -3.66. The molecule has 0 amide bonds. The van der Waals surface area contributed by atoms with Crippen molar-refractivity contribution in [2.45, 2.75) is 16.2 Å². The molecular weight excluding hydrogens is 392 g/mol. The fourth-order valence-corrected chi connectivity index (χ4v) is 4.33. The smallest absolute Gasteiger partial charge is 0.240 e. The second-order valence-electron chi connectivity index (χ2n) is 5.50. The Labute approximate surface area is 159 Å². The van der Waals surface area contributed by atoms with Gasteiger partial charge in [-0.2, -0.15) is 0 Å². The maximum atomic E-state index is 12.2. The predicted octanol–water partition coefficient (Wildman–Crippen LogP) is 1.35. The molecule has 0 atom stereocenters. The van der Waals surface area contributed by atoms with Gasteiger partial charge in [-0.25, -0.2) is 26.3 Å². The van der Waals surface area contributed by atoms with Crippen LogP contribution in [0.2, 0.25) is 0 Å². The number of hydrogen-bond donors (Lipinski definition) is 2. The van der Waals surface area contributed by atoms with Crippen molar-refractivity contribution in [3.63, 3.8) is 0 Å². The summed E-state index contributed by atoms with van der Waals surface area (Å²) in [4.78, 5) is 0.226. The lowest BCUT2D eigenvalue weighted by molar-refractivity contribution is 0.414. The van der Waals surface area contributed by atoms with E-state index in [9.17, 15) is 16.8 Å². The van der Waals surface area contributed by atoms with Gasteiger partial charge in [-0.1, -0.05) is 0 Å². The summed E-state index contributed by atoms with van der Waals surface area (Å²) in [6.07, 6.45) is 0.296. The third-order valence-corrected chi connectivity index (χ3v) is 6.63. The van der Waals surface area contributed by atoms with Gasteiger partial charge in [-0.05, 0) is 55.0 Å². The van der Waals surface area contributed by atoms with Crippen molar-refractivity contribution < 1.29 is 26.3 Å². The molecule has 27 heavy (non-hydrogen) atoms. The maximum absolute atomic E-state index is 12.2. The number of ether oxygens (including phenoxy) is 2. The Morgan fingerprint density at radius 3 is 1.30 bits per heavy atom. The average molecular weight is 415 g/mol. The molecule has 10 heteroatoms. The first-order valence-electron chi connectivity index (χ1n) is 8.06. The molecule has 8 nitrogen and oxygen atoms in total. The van der Waals surface area contributed by atoms with E-state index in [0.29, 0.717) is 17.9 Å². The van der Waals surface area contributed by atoms with Gasteiger partial charge in [0, 0.05) is 13.1 Å². The first-order chi connectivity index (χ1) is 12.8. The average Bonchev–Trinajstić information content (AvgIpc) is 2.67. The van der Waals surface area contributed by atoms with Crippen LogP contribution in [0, 0.1) is 0 Å². The van der Waals surface area contributed by atoms with Crippen LogP contribution in [-0.2, 0) is 20.0 Å². The molecule has 2 rings (SSSR count). The lowest BCUT2D eigenvalue weighted by atomic mass is 10.3. The van der Waals surface area contributed by atoms with Gasteiger partial charge < -0.3 is 9.47 Å². The van der Waals surface area contributed by atoms with Crippen molar-refractivity contribution >= 4 is 20.0 Å². The summed E-state index contributed by atoms with van der Waals surface area (Å²) in [6, 6.07) is 12.0. The minimum Gasteiger partial charge on any atom is -0.497 e. The summed E-state index contributed by atoms with van der Waals surface area (Å²) in [6.45, 7) is 0.193. The van der Waals surface area contributed by atoms with Crippen molar-refractivity contribution in [2.24, 2.45) is 0 Å². The van der Waals surface area contributed by atoms with Gasteiger partial charge in [0.15, 0.2) is 0 Å². The Morgan fingerprint density at radius 2 is 1.00 bits per heavy atom. The lowest BCUT2D eigenvalue weighted by Gasteiger charge is -2.09. The van der Waals surface area contributed by atoms with Crippen LogP contribution >= 0.6 is 0 Å².